The van der Waals surface area contributed by atoms with E-state index >= 15 is 0 Å². The summed E-state index contributed by atoms with van der Waals surface area (Å²) in [6.07, 6.45) is 2.94. The summed E-state index contributed by atoms with van der Waals surface area (Å²) in [4.78, 5) is 11.2. The van der Waals surface area contributed by atoms with Crippen molar-refractivity contribution in [2.45, 2.75) is 13.8 Å². The summed E-state index contributed by atoms with van der Waals surface area (Å²) in [6, 6.07) is 9.28. The molecular weight excluding hydrogens is 276 g/mol. The second-order valence-corrected chi connectivity index (χ2v) is 4.68. The highest BCUT2D eigenvalue weighted by molar-refractivity contribution is 6.30. The molecule has 0 amide bonds. The molecule has 4 heteroatoms. The molecule has 1 heterocycles. The van der Waals surface area contributed by atoms with Gasteiger partial charge in [0.2, 0.25) is 0 Å². The molecule has 0 saturated heterocycles. The van der Waals surface area contributed by atoms with E-state index in [4.69, 9.17) is 20.8 Å². The van der Waals surface area contributed by atoms with Gasteiger partial charge in [0.05, 0.1) is 6.61 Å². The van der Waals surface area contributed by atoms with Crippen molar-refractivity contribution >= 4 is 23.6 Å². The Morgan fingerprint density at radius 1 is 1.35 bits per heavy atom. The van der Waals surface area contributed by atoms with Gasteiger partial charge < -0.3 is 9.15 Å². The van der Waals surface area contributed by atoms with Gasteiger partial charge in [0.25, 0.3) is 0 Å². The lowest BCUT2D eigenvalue weighted by atomic mass is 10.1. The molecule has 0 unspecified atom stereocenters. The van der Waals surface area contributed by atoms with Crippen LogP contribution in [0.3, 0.4) is 0 Å². The molecule has 1 aromatic heterocycles. The highest BCUT2D eigenvalue weighted by Gasteiger charge is 2.07. The second kappa shape index (κ2) is 6.44. The van der Waals surface area contributed by atoms with Crippen LogP contribution in [-0.2, 0) is 9.53 Å². The third-order valence-electron chi connectivity index (χ3n) is 2.75. The number of rotatable bonds is 4. The van der Waals surface area contributed by atoms with Crippen molar-refractivity contribution in [1.29, 1.82) is 0 Å². The van der Waals surface area contributed by atoms with Gasteiger partial charge in [0.15, 0.2) is 0 Å². The van der Waals surface area contributed by atoms with Crippen molar-refractivity contribution in [3.05, 3.63) is 52.8 Å². The van der Waals surface area contributed by atoms with Gasteiger partial charge in [-0.25, -0.2) is 4.79 Å². The molecule has 0 fully saturated rings. The van der Waals surface area contributed by atoms with E-state index in [1.807, 2.05) is 31.2 Å². The number of hydrogen-bond donors (Lipinski definition) is 0. The molecule has 0 atom stereocenters. The average Bonchev–Trinajstić information content (AvgIpc) is 2.85. The lowest BCUT2D eigenvalue weighted by molar-refractivity contribution is -0.137. The maximum atomic E-state index is 11.2. The first-order chi connectivity index (χ1) is 9.60. The van der Waals surface area contributed by atoms with E-state index in [-0.39, 0.29) is 5.97 Å². The van der Waals surface area contributed by atoms with E-state index in [2.05, 4.69) is 0 Å². The van der Waals surface area contributed by atoms with Gasteiger partial charge in [-0.05, 0) is 55.8 Å². The number of ether oxygens (including phenoxy) is 1. The molecule has 2 aromatic rings. The topological polar surface area (TPSA) is 39.4 Å². The van der Waals surface area contributed by atoms with Crippen molar-refractivity contribution in [2.24, 2.45) is 0 Å². The van der Waals surface area contributed by atoms with Crippen LogP contribution in [0.4, 0.5) is 0 Å². The molecule has 20 heavy (non-hydrogen) atoms. The second-order valence-electron chi connectivity index (χ2n) is 4.25. The maximum absolute atomic E-state index is 11.2. The van der Waals surface area contributed by atoms with Crippen LogP contribution in [0.1, 0.15) is 18.2 Å². The number of benzene rings is 1. The normalized spacial score (nSPS) is 10.9. The minimum absolute atomic E-state index is 0.358. The number of esters is 1. The van der Waals surface area contributed by atoms with Gasteiger partial charge >= 0.3 is 5.97 Å². The summed E-state index contributed by atoms with van der Waals surface area (Å²) in [5.41, 5.74) is 2.01. The number of furan rings is 1. The Labute approximate surface area is 122 Å². The van der Waals surface area contributed by atoms with Crippen LogP contribution in [0.25, 0.3) is 17.4 Å². The lowest BCUT2D eigenvalue weighted by Gasteiger charge is -2.02. The van der Waals surface area contributed by atoms with Crippen LogP contribution < -0.4 is 0 Å². The zero-order valence-electron chi connectivity index (χ0n) is 11.4. The molecular formula is C16H15ClO3. The third kappa shape index (κ3) is 3.52. The van der Waals surface area contributed by atoms with Crippen molar-refractivity contribution in [3.8, 4) is 11.3 Å². The molecule has 0 spiro atoms. The molecule has 104 valence electrons. The number of aryl methyl sites for hydroxylation is 1. The van der Waals surface area contributed by atoms with Crippen molar-refractivity contribution in [3.63, 3.8) is 0 Å². The first kappa shape index (κ1) is 14.4. The Bertz CT molecular complexity index is 641. The molecule has 0 saturated carbocycles. The van der Waals surface area contributed by atoms with E-state index in [1.165, 1.54) is 6.08 Å². The smallest absolute Gasteiger partial charge is 0.330 e. The predicted molar refractivity (Wildman–Crippen MR) is 79.6 cm³/mol. The van der Waals surface area contributed by atoms with E-state index in [0.717, 1.165) is 16.9 Å². The molecule has 0 aliphatic rings. The first-order valence-electron chi connectivity index (χ1n) is 6.31. The summed E-state index contributed by atoms with van der Waals surface area (Å²) in [5, 5.41) is 0.695. The highest BCUT2D eigenvalue weighted by Crippen LogP contribution is 2.27. The zero-order valence-corrected chi connectivity index (χ0v) is 12.1. The Kier molecular flexibility index (Phi) is 4.64. The van der Waals surface area contributed by atoms with Gasteiger partial charge in [0, 0.05) is 16.7 Å². The Balaban J connectivity index is 2.18. The SMILES string of the molecule is CCOC(=O)/C=C/c1ccc(-c2ccc(Cl)cc2C)o1. The van der Waals surface area contributed by atoms with E-state index in [0.29, 0.717) is 17.4 Å². The summed E-state index contributed by atoms with van der Waals surface area (Å²) in [5.74, 6) is 0.957. The minimum Gasteiger partial charge on any atom is -0.463 e. The highest BCUT2D eigenvalue weighted by atomic mass is 35.5. The molecule has 0 radical (unpaired) electrons. The number of carbonyl (C=O) groups excluding carboxylic acids is 1. The molecule has 3 nitrogen and oxygen atoms in total. The maximum Gasteiger partial charge on any atom is 0.330 e. The zero-order chi connectivity index (χ0) is 14.5. The van der Waals surface area contributed by atoms with Gasteiger partial charge in [0.1, 0.15) is 11.5 Å². The largest absolute Gasteiger partial charge is 0.463 e. The van der Waals surface area contributed by atoms with Crippen LogP contribution in [0, 0.1) is 6.92 Å². The fourth-order valence-electron chi connectivity index (χ4n) is 1.83. The van der Waals surface area contributed by atoms with Crippen LogP contribution in [0.15, 0.2) is 40.8 Å². The monoisotopic (exact) mass is 290 g/mol. The lowest BCUT2D eigenvalue weighted by Crippen LogP contribution is -1.98. The standard InChI is InChI=1S/C16H15ClO3/c1-3-19-16(18)9-6-13-5-8-15(20-13)14-7-4-12(17)10-11(14)2/h4-10H,3H2,1-2H3/b9-6+. The van der Waals surface area contributed by atoms with Crippen molar-refractivity contribution in [1.82, 2.24) is 0 Å². The summed E-state index contributed by atoms with van der Waals surface area (Å²) >= 11 is 5.93. The molecule has 1 aromatic carbocycles. The quantitative estimate of drug-likeness (QED) is 0.615. The Hall–Kier alpha value is -2.00. The van der Waals surface area contributed by atoms with E-state index in [1.54, 1.807) is 19.1 Å². The minimum atomic E-state index is -0.381. The molecule has 2 rings (SSSR count). The summed E-state index contributed by atoms with van der Waals surface area (Å²) < 4.78 is 10.5. The third-order valence-corrected chi connectivity index (χ3v) is 2.99. The van der Waals surface area contributed by atoms with Crippen molar-refractivity contribution < 1.29 is 13.9 Å². The summed E-state index contributed by atoms with van der Waals surface area (Å²) in [6.45, 7) is 4.09. The molecule has 0 aliphatic heterocycles. The van der Waals surface area contributed by atoms with Gasteiger partial charge in [-0.3, -0.25) is 0 Å². The van der Waals surface area contributed by atoms with Gasteiger partial charge in [-0.2, -0.15) is 0 Å². The summed E-state index contributed by atoms with van der Waals surface area (Å²) in [7, 11) is 0. The van der Waals surface area contributed by atoms with E-state index in [9.17, 15) is 4.79 Å². The fourth-order valence-corrected chi connectivity index (χ4v) is 2.06. The molecule has 0 bridgehead atoms. The number of halogens is 1. The van der Waals surface area contributed by atoms with Gasteiger partial charge in [-0.15, -0.1) is 0 Å². The average molecular weight is 291 g/mol. The number of hydrogen-bond acceptors (Lipinski definition) is 3. The Morgan fingerprint density at radius 3 is 2.85 bits per heavy atom. The predicted octanol–water partition coefficient (Wildman–Crippen LogP) is 4.48. The van der Waals surface area contributed by atoms with Crippen molar-refractivity contribution in [2.75, 3.05) is 6.61 Å². The van der Waals surface area contributed by atoms with Crippen LogP contribution in [-0.4, -0.2) is 12.6 Å². The first-order valence-corrected chi connectivity index (χ1v) is 6.69. The van der Waals surface area contributed by atoms with Crippen LogP contribution in [0.5, 0.6) is 0 Å². The fraction of sp³-hybridized carbons (Fsp3) is 0.188. The van der Waals surface area contributed by atoms with Crippen LogP contribution in [0.2, 0.25) is 5.02 Å². The molecule has 0 aliphatic carbocycles. The molecule has 0 N–H and O–H groups in total. The Morgan fingerprint density at radius 2 is 2.15 bits per heavy atom. The van der Waals surface area contributed by atoms with E-state index < -0.39 is 0 Å². The van der Waals surface area contributed by atoms with Crippen LogP contribution >= 0.6 is 11.6 Å². The van der Waals surface area contributed by atoms with Gasteiger partial charge in [-0.1, -0.05) is 11.6 Å². The number of carbonyl (C=O) groups is 1.